The quantitative estimate of drug-likeness (QED) is 0.755. The number of hydrogen-bond acceptors (Lipinski definition) is 6. The van der Waals surface area contributed by atoms with Gasteiger partial charge in [-0.2, -0.15) is 18.3 Å². The number of ether oxygens (including phenoxy) is 2. The first-order valence-electron chi connectivity index (χ1n) is 9.64. The second-order valence-electron chi connectivity index (χ2n) is 7.58. The molecule has 0 aliphatic carbocycles. The van der Waals surface area contributed by atoms with Crippen LogP contribution in [0.5, 0.6) is 11.5 Å². The molecule has 0 bridgehead atoms. The van der Waals surface area contributed by atoms with E-state index in [1.165, 1.54) is 5.56 Å². The first-order valence-corrected chi connectivity index (χ1v) is 9.64. The van der Waals surface area contributed by atoms with Crippen LogP contribution in [0.4, 0.5) is 13.2 Å². The lowest BCUT2D eigenvalue weighted by molar-refractivity contribution is -0.192. The zero-order valence-corrected chi connectivity index (χ0v) is 17.8. The van der Waals surface area contributed by atoms with Crippen LogP contribution in [-0.4, -0.2) is 70.2 Å². The number of aromatic nitrogens is 2. The van der Waals surface area contributed by atoms with Crippen LogP contribution in [0.25, 0.3) is 0 Å². The van der Waals surface area contributed by atoms with Gasteiger partial charge in [0.1, 0.15) is 0 Å². The summed E-state index contributed by atoms with van der Waals surface area (Å²) in [6.07, 6.45) is -4.25. The van der Waals surface area contributed by atoms with E-state index in [0.29, 0.717) is 30.2 Å². The van der Waals surface area contributed by atoms with Crippen LogP contribution in [0.1, 0.15) is 27.3 Å². The van der Waals surface area contributed by atoms with Gasteiger partial charge in [-0.1, -0.05) is 0 Å². The molecule has 0 radical (unpaired) electrons. The molecule has 0 fully saturated rings. The third-order valence-corrected chi connectivity index (χ3v) is 4.95. The molecule has 32 heavy (non-hydrogen) atoms. The van der Waals surface area contributed by atoms with E-state index in [9.17, 15) is 18.0 Å². The average Bonchev–Trinajstić information content (AvgIpc) is 3.30. The predicted molar refractivity (Wildman–Crippen MR) is 105 cm³/mol. The molecule has 1 N–H and O–H groups in total. The number of benzene rings is 1. The van der Waals surface area contributed by atoms with Gasteiger partial charge in [-0.15, -0.1) is 0 Å². The number of alkyl halides is 3. The molecule has 0 saturated heterocycles. The average molecular weight is 456 g/mol. The molecule has 1 aromatic carbocycles. The molecule has 0 spiro atoms. The van der Waals surface area contributed by atoms with Crippen molar-refractivity contribution in [3.8, 4) is 11.5 Å². The Morgan fingerprint density at radius 1 is 1.22 bits per heavy atom. The summed E-state index contributed by atoms with van der Waals surface area (Å²) < 4.78 is 44.3. The van der Waals surface area contributed by atoms with Gasteiger partial charge < -0.3 is 24.4 Å². The van der Waals surface area contributed by atoms with Crippen molar-refractivity contribution in [1.82, 2.24) is 19.6 Å². The summed E-state index contributed by atoms with van der Waals surface area (Å²) in [7, 11) is 6.03. The first-order chi connectivity index (χ1) is 15.0. The minimum Gasteiger partial charge on any atom is -0.475 e. The number of fused-ring (bicyclic) bond motifs is 2. The highest BCUT2D eigenvalue weighted by Crippen LogP contribution is 2.33. The number of carbonyl (C=O) groups excluding carboxylic acids is 1. The summed E-state index contributed by atoms with van der Waals surface area (Å²) in [6, 6.07) is 5.36. The summed E-state index contributed by atoms with van der Waals surface area (Å²) in [4.78, 5) is 25.8. The fourth-order valence-electron chi connectivity index (χ4n) is 3.47. The summed E-state index contributed by atoms with van der Waals surface area (Å²) in [5.41, 5.74) is 4.14. The van der Waals surface area contributed by atoms with Gasteiger partial charge >= 0.3 is 12.1 Å². The molecule has 2 aliphatic rings. The van der Waals surface area contributed by atoms with Gasteiger partial charge in [0.2, 0.25) is 6.79 Å². The number of halogens is 3. The Hall–Kier alpha value is -3.28. The van der Waals surface area contributed by atoms with Crippen LogP contribution >= 0.6 is 0 Å². The molecule has 0 atom stereocenters. The fourth-order valence-corrected chi connectivity index (χ4v) is 3.47. The van der Waals surface area contributed by atoms with Gasteiger partial charge in [0.15, 0.2) is 11.5 Å². The van der Waals surface area contributed by atoms with Crippen LogP contribution in [0.15, 0.2) is 18.2 Å². The second-order valence-corrected chi connectivity index (χ2v) is 7.58. The molecule has 1 aromatic heterocycles. The topological polar surface area (TPSA) is 97.1 Å². The normalized spacial score (nSPS) is 14.7. The van der Waals surface area contributed by atoms with Gasteiger partial charge in [0, 0.05) is 31.3 Å². The number of carboxylic acids is 1. The van der Waals surface area contributed by atoms with Crippen LogP contribution in [0, 0.1) is 0 Å². The summed E-state index contributed by atoms with van der Waals surface area (Å²) >= 11 is 0. The van der Waals surface area contributed by atoms with Crippen molar-refractivity contribution in [3.63, 3.8) is 0 Å². The number of nitrogens with zero attached hydrogens (tertiary/aromatic N) is 4. The third-order valence-electron chi connectivity index (χ3n) is 4.95. The Balaban J connectivity index is 0.000000360. The van der Waals surface area contributed by atoms with Gasteiger partial charge in [-0.05, 0) is 38.7 Å². The maximum atomic E-state index is 12.9. The number of aryl methyl sites for hydroxylation is 1. The molecular weight excluding hydrogens is 433 g/mol. The maximum absolute atomic E-state index is 12.9. The highest BCUT2D eigenvalue weighted by molar-refractivity contribution is 5.95. The minimum atomic E-state index is -5.08. The van der Waals surface area contributed by atoms with Crippen molar-refractivity contribution < 1.29 is 37.3 Å². The highest BCUT2D eigenvalue weighted by atomic mass is 19.4. The summed E-state index contributed by atoms with van der Waals surface area (Å²) in [5, 5.41) is 11.8. The Bertz CT molecular complexity index is 1020. The molecule has 174 valence electrons. The van der Waals surface area contributed by atoms with E-state index in [1.54, 1.807) is 18.2 Å². The molecule has 2 aliphatic heterocycles. The van der Waals surface area contributed by atoms with Crippen LogP contribution in [0.2, 0.25) is 0 Å². The Labute approximate surface area is 181 Å². The monoisotopic (exact) mass is 456 g/mol. The molecular formula is C20H23F3N4O5. The van der Waals surface area contributed by atoms with E-state index in [-0.39, 0.29) is 12.7 Å². The predicted octanol–water partition coefficient (Wildman–Crippen LogP) is 2.04. The number of carboxylic acid groups (broad SMARTS) is 1. The SMILES string of the molecule is CN(C)Cc1nn(C)c2c1CCN(C(=O)c1ccc3c(c1)OCO3)C2.O=C(O)C(F)(F)F. The van der Waals surface area contributed by atoms with Crippen molar-refractivity contribution in [1.29, 1.82) is 0 Å². The Kier molecular flexibility index (Phi) is 6.63. The molecule has 4 rings (SSSR count). The van der Waals surface area contributed by atoms with Crippen molar-refractivity contribution in [2.45, 2.75) is 25.7 Å². The number of carbonyl (C=O) groups is 2. The van der Waals surface area contributed by atoms with Gasteiger partial charge in [-0.25, -0.2) is 4.79 Å². The van der Waals surface area contributed by atoms with Gasteiger partial charge in [-0.3, -0.25) is 9.48 Å². The molecule has 0 saturated carbocycles. The lowest BCUT2D eigenvalue weighted by atomic mass is 10.0. The van der Waals surface area contributed by atoms with Crippen molar-refractivity contribution in [2.24, 2.45) is 7.05 Å². The Morgan fingerprint density at radius 3 is 2.50 bits per heavy atom. The zero-order valence-electron chi connectivity index (χ0n) is 17.8. The van der Waals surface area contributed by atoms with E-state index in [0.717, 1.165) is 24.4 Å². The number of amides is 1. The number of rotatable bonds is 3. The van der Waals surface area contributed by atoms with E-state index in [2.05, 4.69) is 10.00 Å². The van der Waals surface area contributed by atoms with Gasteiger partial charge in [0.25, 0.3) is 5.91 Å². The van der Waals surface area contributed by atoms with Gasteiger partial charge in [0.05, 0.1) is 17.9 Å². The molecule has 12 heteroatoms. The third kappa shape index (κ3) is 5.13. The van der Waals surface area contributed by atoms with Crippen molar-refractivity contribution in [2.75, 3.05) is 27.4 Å². The first kappa shape index (κ1) is 23.4. The highest BCUT2D eigenvalue weighted by Gasteiger charge is 2.38. The largest absolute Gasteiger partial charge is 0.490 e. The standard InChI is InChI=1S/C18H22N4O3.C2HF3O2/c1-20(2)9-14-13-6-7-22(10-15(13)21(3)19-14)18(23)12-4-5-16-17(8-12)25-11-24-16;3-2(4,5)1(6)7/h4-5,8H,6-7,9-11H2,1-3H3;(H,6,7). The van der Waals surface area contributed by atoms with Crippen LogP contribution in [0.3, 0.4) is 0 Å². The molecule has 0 unspecified atom stereocenters. The smallest absolute Gasteiger partial charge is 0.475 e. The molecule has 1 amide bonds. The number of aliphatic carboxylic acids is 1. The minimum absolute atomic E-state index is 0.0132. The summed E-state index contributed by atoms with van der Waals surface area (Å²) in [6.45, 7) is 2.31. The Morgan fingerprint density at radius 2 is 1.88 bits per heavy atom. The van der Waals surface area contributed by atoms with E-state index in [1.807, 2.05) is 30.7 Å². The lowest BCUT2D eigenvalue weighted by Gasteiger charge is -2.28. The fraction of sp³-hybridized carbons (Fsp3) is 0.450. The molecule has 9 nitrogen and oxygen atoms in total. The van der Waals surface area contributed by atoms with Crippen LogP contribution < -0.4 is 9.47 Å². The van der Waals surface area contributed by atoms with Crippen LogP contribution in [-0.2, 0) is 31.4 Å². The number of hydrogen-bond donors (Lipinski definition) is 1. The van der Waals surface area contributed by atoms with E-state index in [4.69, 9.17) is 19.4 Å². The zero-order chi connectivity index (χ0) is 23.6. The van der Waals surface area contributed by atoms with E-state index >= 15 is 0 Å². The second kappa shape index (κ2) is 9.07. The lowest BCUT2D eigenvalue weighted by Crippen LogP contribution is -2.36. The summed E-state index contributed by atoms with van der Waals surface area (Å²) in [5.74, 6) is -1.42. The van der Waals surface area contributed by atoms with E-state index < -0.39 is 12.1 Å². The maximum Gasteiger partial charge on any atom is 0.490 e. The molecule has 2 aromatic rings. The molecule has 3 heterocycles. The van der Waals surface area contributed by atoms with Crippen molar-refractivity contribution in [3.05, 3.63) is 40.7 Å². The van der Waals surface area contributed by atoms with Crippen molar-refractivity contribution >= 4 is 11.9 Å².